The molecule has 1 heterocycles. The molecule has 5 heteroatoms. The Morgan fingerprint density at radius 1 is 1.29 bits per heavy atom. The first kappa shape index (κ1) is 11.3. The van der Waals surface area contributed by atoms with E-state index in [0.717, 1.165) is 0 Å². The fraction of sp³-hybridized carbons (Fsp3) is 0.889. The van der Waals surface area contributed by atoms with Crippen LogP contribution in [-0.2, 0) is 14.2 Å². The first-order chi connectivity index (χ1) is 6.47. The fourth-order valence-corrected chi connectivity index (χ4v) is 1.82. The third kappa shape index (κ3) is 1.19. The Hall–Kier alpha value is -0.810. The normalized spacial score (nSPS) is 21.9. The highest BCUT2D eigenvalue weighted by atomic mass is 16.7. The monoisotopic (exact) mass is 203 g/mol. The second kappa shape index (κ2) is 3.40. The molecule has 1 aliphatic heterocycles. The van der Waals surface area contributed by atoms with E-state index in [9.17, 15) is 4.79 Å². The lowest BCUT2D eigenvalue weighted by molar-refractivity contribution is -0.166. The van der Waals surface area contributed by atoms with Crippen LogP contribution in [0, 0.1) is 0 Å². The lowest BCUT2D eigenvalue weighted by atomic mass is 10.2. The van der Waals surface area contributed by atoms with Crippen molar-refractivity contribution in [2.75, 3.05) is 20.8 Å². The van der Waals surface area contributed by atoms with E-state index in [1.54, 1.807) is 6.92 Å². The van der Waals surface area contributed by atoms with Gasteiger partial charge in [0.05, 0.1) is 6.61 Å². The number of carbonyl (C=O) groups excluding carboxylic acids is 1. The molecule has 1 aliphatic rings. The van der Waals surface area contributed by atoms with E-state index in [2.05, 4.69) is 0 Å². The van der Waals surface area contributed by atoms with Crippen molar-refractivity contribution in [3.05, 3.63) is 0 Å². The van der Waals surface area contributed by atoms with E-state index in [-0.39, 0.29) is 0 Å². The highest BCUT2D eigenvalue weighted by molar-refractivity contribution is 5.73. The predicted molar refractivity (Wildman–Crippen MR) is 49.7 cm³/mol. The average molecular weight is 203 g/mol. The fourth-order valence-electron chi connectivity index (χ4n) is 1.82. The van der Waals surface area contributed by atoms with Crippen molar-refractivity contribution in [2.45, 2.75) is 32.2 Å². The lowest BCUT2D eigenvalue weighted by Gasteiger charge is -2.13. The van der Waals surface area contributed by atoms with Crippen LogP contribution < -0.4 is 0 Å². The molecule has 0 saturated carbocycles. The van der Waals surface area contributed by atoms with Crippen LogP contribution in [0.1, 0.15) is 20.8 Å². The van der Waals surface area contributed by atoms with Gasteiger partial charge in [0.25, 0.3) is 5.91 Å². The molecule has 0 aromatic carbocycles. The van der Waals surface area contributed by atoms with E-state index in [0.29, 0.717) is 6.61 Å². The molecule has 0 aromatic rings. The highest BCUT2D eigenvalue weighted by Gasteiger charge is 2.76. The Bertz CT molecular complexity index is 235. The second-order valence-corrected chi connectivity index (χ2v) is 3.58. The molecule has 0 N–H and O–H groups in total. The van der Waals surface area contributed by atoms with Gasteiger partial charge in [0.15, 0.2) is 0 Å². The van der Waals surface area contributed by atoms with Gasteiger partial charge < -0.3 is 14.2 Å². The summed E-state index contributed by atoms with van der Waals surface area (Å²) < 4.78 is 15.3. The SMILES string of the molecule is CCOC(=O)N1C(C)(C)C1(OC)OC. The minimum Gasteiger partial charge on any atom is -0.450 e. The number of rotatable bonds is 3. The third-order valence-corrected chi connectivity index (χ3v) is 2.58. The summed E-state index contributed by atoms with van der Waals surface area (Å²) in [4.78, 5) is 12.9. The molecule has 5 nitrogen and oxygen atoms in total. The largest absolute Gasteiger partial charge is 0.450 e. The van der Waals surface area contributed by atoms with Crippen LogP contribution in [0.2, 0.25) is 0 Å². The van der Waals surface area contributed by atoms with Gasteiger partial charge in [-0.25, -0.2) is 9.69 Å². The lowest BCUT2D eigenvalue weighted by Crippen LogP contribution is -2.28. The molecule has 0 spiro atoms. The highest BCUT2D eigenvalue weighted by Crippen LogP contribution is 2.52. The molecule has 1 rings (SSSR count). The average Bonchev–Trinajstić information content (AvgIpc) is 2.63. The number of ether oxygens (including phenoxy) is 3. The molecular weight excluding hydrogens is 186 g/mol. The van der Waals surface area contributed by atoms with Crippen LogP contribution in [0.3, 0.4) is 0 Å². The Labute approximate surface area is 83.9 Å². The third-order valence-electron chi connectivity index (χ3n) is 2.58. The van der Waals surface area contributed by atoms with Gasteiger partial charge >= 0.3 is 6.09 Å². The summed E-state index contributed by atoms with van der Waals surface area (Å²) in [5, 5.41) is 0. The number of methoxy groups -OCH3 is 2. The molecule has 82 valence electrons. The predicted octanol–water partition coefficient (Wildman–Crippen LogP) is 1.18. The number of amides is 1. The van der Waals surface area contributed by atoms with E-state index in [1.807, 2.05) is 13.8 Å². The molecule has 0 bridgehead atoms. The van der Waals surface area contributed by atoms with Crippen LogP contribution in [0.15, 0.2) is 0 Å². The van der Waals surface area contributed by atoms with Gasteiger partial charge in [0, 0.05) is 14.2 Å². The van der Waals surface area contributed by atoms with Crippen LogP contribution in [-0.4, -0.2) is 43.3 Å². The van der Waals surface area contributed by atoms with Crippen molar-refractivity contribution in [3.63, 3.8) is 0 Å². The smallest absolute Gasteiger partial charge is 0.414 e. The van der Waals surface area contributed by atoms with Crippen LogP contribution in [0.25, 0.3) is 0 Å². The van der Waals surface area contributed by atoms with Crippen molar-refractivity contribution in [1.82, 2.24) is 4.90 Å². The van der Waals surface area contributed by atoms with E-state index in [1.165, 1.54) is 19.1 Å². The van der Waals surface area contributed by atoms with Crippen LogP contribution in [0.5, 0.6) is 0 Å². The van der Waals surface area contributed by atoms with Crippen molar-refractivity contribution in [3.8, 4) is 0 Å². The zero-order chi connectivity index (χ0) is 11.0. The molecule has 1 fully saturated rings. The molecule has 1 amide bonds. The second-order valence-electron chi connectivity index (χ2n) is 3.58. The van der Waals surface area contributed by atoms with Crippen molar-refractivity contribution >= 4 is 6.09 Å². The standard InChI is InChI=1S/C9H17NO4/c1-6-14-7(11)10-8(2,3)9(10,12-4)13-5/h6H2,1-5H3. The summed E-state index contributed by atoms with van der Waals surface area (Å²) in [5.74, 6) is -0.973. The van der Waals surface area contributed by atoms with Crippen molar-refractivity contribution in [1.29, 1.82) is 0 Å². The van der Waals surface area contributed by atoms with Gasteiger partial charge in [0.1, 0.15) is 5.54 Å². The number of hydrogen-bond donors (Lipinski definition) is 0. The summed E-state index contributed by atoms with van der Waals surface area (Å²) >= 11 is 0. The maximum Gasteiger partial charge on any atom is 0.414 e. The molecule has 14 heavy (non-hydrogen) atoms. The summed E-state index contributed by atoms with van der Waals surface area (Å²) in [7, 11) is 3.01. The minimum atomic E-state index is -0.973. The van der Waals surface area contributed by atoms with Gasteiger partial charge in [-0.05, 0) is 20.8 Å². The van der Waals surface area contributed by atoms with Gasteiger partial charge in [-0.15, -0.1) is 0 Å². The summed E-state index contributed by atoms with van der Waals surface area (Å²) in [6, 6.07) is 0. The van der Waals surface area contributed by atoms with Gasteiger partial charge in [-0.1, -0.05) is 0 Å². The topological polar surface area (TPSA) is 47.8 Å². The molecule has 0 aliphatic carbocycles. The van der Waals surface area contributed by atoms with E-state index >= 15 is 0 Å². The first-order valence-corrected chi connectivity index (χ1v) is 4.55. The number of hydrogen-bond acceptors (Lipinski definition) is 4. The summed E-state index contributed by atoms with van der Waals surface area (Å²) in [5.41, 5.74) is -0.483. The molecule has 0 unspecified atom stereocenters. The van der Waals surface area contributed by atoms with E-state index < -0.39 is 17.5 Å². The Balaban J connectivity index is 2.78. The molecule has 1 saturated heterocycles. The Morgan fingerprint density at radius 3 is 2.07 bits per heavy atom. The molecule has 0 atom stereocenters. The zero-order valence-electron chi connectivity index (χ0n) is 9.29. The quantitative estimate of drug-likeness (QED) is 0.510. The van der Waals surface area contributed by atoms with E-state index in [4.69, 9.17) is 14.2 Å². The Kier molecular flexibility index (Phi) is 2.74. The maximum atomic E-state index is 11.5. The molecule has 0 radical (unpaired) electrons. The van der Waals surface area contributed by atoms with Gasteiger partial charge in [0.2, 0.25) is 0 Å². The maximum absolute atomic E-state index is 11.5. The first-order valence-electron chi connectivity index (χ1n) is 4.55. The molecule has 0 aromatic heterocycles. The Morgan fingerprint density at radius 2 is 1.79 bits per heavy atom. The van der Waals surface area contributed by atoms with Gasteiger partial charge in [-0.3, -0.25) is 0 Å². The zero-order valence-corrected chi connectivity index (χ0v) is 9.29. The van der Waals surface area contributed by atoms with Crippen LogP contribution >= 0.6 is 0 Å². The number of nitrogens with zero attached hydrogens (tertiary/aromatic N) is 1. The summed E-state index contributed by atoms with van der Waals surface area (Å²) in [6.45, 7) is 5.82. The molecular formula is C9H17NO4. The summed E-state index contributed by atoms with van der Waals surface area (Å²) in [6.07, 6.45) is -0.416. The minimum absolute atomic E-state index is 0.342. The number of carbonyl (C=O) groups is 1. The van der Waals surface area contributed by atoms with Crippen molar-refractivity contribution < 1.29 is 19.0 Å². The van der Waals surface area contributed by atoms with Crippen LogP contribution in [0.4, 0.5) is 4.79 Å². The van der Waals surface area contributed by atoms with Gasteiger partial charge in [-0.2, -0.15) is 0 Å². The van der Waals surface area contributed by atoms with Crippen molar-refractivity contribution in [2.24, 2.45) is 0 Å².